The summed E-state index contributed by atoms with van der Waals surface area (Å²) in [7, 11) is 3.54. The number of methoxy groups -OCH3 is 1. The van der Waals surface area contributed by atoms with Gasteiger partial charge < -0.3 is 24.0 Å². The van der Waals surface area contributed by atoms with E-state index in [1.165, 1.54) is 0 Å². The smallest absolute Gasteiger partial charge is 0.256 e. The van der Waals surface area contributed by atoms with Gasteiger partial charge >= 0.3 is 0 Å². The van der Waals surface area contributed by atoms with Crippen LogP contribution >= 0.6 is 0 Å². The highest BCUT2D eigenvalue weighted by molar-refractivity contribution is 6.02. The molecule has 2 rings (SSSR count). The Morgan fingerprint density at radius 1 is 0.935 bits per heavy atom. The number of para-hydroxylation sites is 1. The fourth-order valence-corrected chi connectivity index (χ4v) is 3.45. The molecule has 0 radical (unpaired) electrons. The summed E-state index contributed by atoms with van der Waals surface area (Å²) in [6, 6.07) is 11.3. The van der Waals surface area contributed by atoms with Crippen LogP contribution in [0, 0.1) is 0 Å². The second-order valence-corrected chi connectivity index (χ2v) is 7.89. The molecule has 0 saturated carbocycles. The lowest BCUT2D eigenvalue weighted by molar-refractivity contribution is 0.0773. The zero-order valence-electron chi connectivity index (χ0n) is 20.1. The lowest BCUT2D eigenvalue weighted by atomic mass is 10.1. The van der Waals surface area contributed by atoms with Gasteiger partial charge in [0.2, 0.25) is 0 Å². The summed E-state index contributed by atoms with van der Waals surface area (Å²) < 4.78 is 17.6. The third-order valence-corrected chi connectivity index (χ3v) is 4.83. The molecular formula is C25H36N2O4. The molecule has 0 unspecified atom stereocenters. The van der Waals surface area contributed by atoms with E-state index < -0.39 is 0 Å². The third-order valence-electron chi connectivity index (χ3n) is 4.83. The third kappa shape index (κ3) is 6.06. The molecule has 0 N–H and O–H groups in total. The highest BCUT2D eigenvalue weighted by Gasteiger charge is 2.23. The van der Waals surface area contributed by atoms with Crippen molar-refractivity contribution in [2.45, 2.75) is 53.8 Å². The van der Waals surface area contributed by atoms with Crippen molar-refractivity contribution in [2.24, 2.45) is 0 Å². The summed E-state index contributed by atoms with van der Waals surface area (Å²) in [6.45, 7) is 13.2. The van der Waals surface area contributed by atoms with Crippen molar-refractivity contribution >= 4 is 17.3 Å². The lowest BCUT2D eigenvalue weighted by Gasteiger charge is -2.28. The number of hydrogen-bond donors (Lipinski definition) is 0. The highest BCUT2D eigenvalue weighted by atomic mass is 16.5. The molecule has 0 saturated heterocycles. The van der Waals surface area contributed by atoms with Crippen molar-refractivity contribution < 1.29 is 19.0 Å². The van der Waals surface area contributed by atoms with Gasteiger partial charge in [-0.3, -0.25) is 4.79 Å². The van der Waals surface area contributed by atoms with Crippen LogP contribution in [0.15, 0.2) is 36.4 Å². The van der Waals surface area contributed by atoms with Gasteiger partial charge in [0, 0.05) is 44.0 Å². The molecule has 0 atom stereocenters. The summed E-state index contributed by atoms with van der Waals surface area (Å²) in [5.41, 5.74) is 2.14. The van der Waals surface area contributed by atoms with E-state index in [9.17, 15) is 4.79 Å². The van der Waals surface area contributed by atoms with E-state index in [0.29, 0.717) is 41.6 Å². The number of nitrogens with zero attached hydrogens (tertiary/aromatic N) is 2. The van der Waals surface area contributed by atoms with Gasteiger partial charge in [0.15, 0.2) is 0 Å². The molecule has 6 heteroatoms. The Morgan fingerprint density at radius 2 is 1.48 bits per heavy atom. The van der Waals surface area contributed by atoms with Gasteiger partial charge in [0.25, 0.3) is 5.91 Å². The van der Waals surface area contributed by atoms with Gasteiger partial charge in [0.05, 0.1) is 30.6 Å². The molecule has 1 amide bonds. The Balaban J connectivity index is 2.61. The van der Waals surface area contributed by atoms with Crippen molar-refractivity contribution in [3.8, 4) is 17.2 Å². The second-order valence-electron chi connectivity index (χ2n) is 7.89. The van der Waals surface area contributed by atoms with Crippen LogP contribution in [-0.2, 0) is 0 Å². The van der Waals surface area contributed by atoms with Crippen molar-refractivity contribution in [3.63, 3.8) is 0 Å². The van der Waals surface area contributed by atoms with E-state index in [1.807, 2.05) is 89.9 Å². The van der Waals surface area contributed by atoms with E-state index >= 15 is 0 Å². The van der Waals surface area contributed by atoms with Gasteiger partial charge in [0.1, 0.15) is 17.2 Å². The normalized spacial score (nSPS) is 10.9. The average molecular weight is 429 g/mol. The predicted octanol–water partition coefficient (Wildman–Crippen LogP) is 5.52. The van der Waals surface area contributed by atoms with Gasteiger partial charge in [-0.05, 0) is 53.7 Å². The molecule has 0 aliphatic heterocycles. The Kier molecular flexibility index (Phi) is 8.60. The molecule has 0 spiro atoms. The highest BCUT2D eigenvalue weighted by Crippen LogP contribution is 2.39. The molecule has 0 fully saturated rings. The summed E-state index contributed by atoms with van der Waals surface area (Å²) in [5.74, 6) is 2.02. The first-order valence-corrected chi connectivity index (χ1v) is 10.9. The zero-order chi connectivity index (χ0) is 23.1. The van der Waals surface area contributed by atoms with Crippen LogP contribution in [0.5, 0.6) is 17.2 Å². The Bertz CT molecular complexity index is 848. The molecule has 0 bridgehead atoms. The lowest BCUT2D eigenvalue weighted by Crippen LogP contribution is -2.31. The molecule has 170 valence electrons. The number of amides is 1. The molecule has 0 heterocycles. The number of carbonyl (C=O) groups is 1. The van der Waals surface area contributed by atoms with Gasteiger partial charge in [-0.15, -0.1) is 0 Å². The SMILES string of the molecule is CCN(CC)C(=O)c1cccc(OC)c1N(C)c1cc(OC(C)C)cc(OC(C)C)c1. The average Bonchev–Trinajstić information content (AvgIpc) is 2.72. The number of ether oxygens (including phenoxy) is 3. The Hall–Kier alpha value is -2.89. The number of hydrogen-bond acceptors (Lipinski definition) is 5. The maximum Gasteiger partial charge on any atom is 0.256 e. The predicted molar refractivity (Wildman–Crippen MR) is 126 cm³/mol. The van der Waals surface area contributed by atoms with E-state index in [-0.39, 0.29) is 18.1 Å². The quantitative estimate of drug-likeness (QED) is 0.499. The topological polar surface area (TPSA) is 51.2 Å². The summed E-state index contributed by atoms with van der Waals surface area (Å²) in [4.78, 5) is 17.0. The summed E-state index contributed by atoms with van der Waals surface area (Å²) in [5, 5.41) is 0. The monoisotopic (exact) mass is 428 g/mol. The molecule has 2 aromatic carbocycles. The number of rotatable bonds is 10. The minimum Gasteiger partial charge on any atom is -0.495 e. The fourth-order valence-electron chi connectivity index (χ4n) is 3.45. The fraction of sp³-hybridized carbons (Fsp3) is 0.480. The summed E-state index contributed by atoms with van der Waals surface area (Å²) in [6.07, 6.45) is 0.0528. The molecular weight excluding hydrogens is 392 g/mol. The molecule has 0 aromatic heterocycles. The van der Waals surface area contributed by atoms with Crippen LogP contribution in [-0.4, -0.2) is 50.3 Å². The standard InChI is InChI=1S/C25H36N2O4/c1-9-27(10-2)25(28)22-12-11-13-23(29-8)24(22)26(7)19-14-20(30-17(3)4)16-21(15-19)31-18(5)6/h11-18H,9-10H2,1-8H3. The minimum absolute atomic E-state index is 0.0264. The first kappa shape index (κ1) is 24.4. The Morgan fingerprint density at radius 3 is 1.94 bits per heavy atom. The van der Waals surface area contributed by atoms with E-state index in [1.54, 1.807) is 12.0 Å². The van der Waals surface area contributed by atoms with Crippen molar-refractivity contribution in [1.29, 1.82) is 0 Å². The zero-order valence-corrected chi connectivity index (χ0v) is 20.1. The van der Waals surface area contributed by atoms with Crippen LogP contribution in [0.4, 0.5) is 11.4 Å². The minimum atomic E-state index is -0.0287. The van der Waals surface area contributed by atoms with Crippen LogP contribution in [0.1, 0.15) is 51.9 Å². The van der Waals surface area contributed by atoms with Crippen LogP contribution in [0.3, 0.4) is 0 Å². The number of carbonyl (C=O) groups excluding carboxylic acids is 1. The van der Waals surface area contributed by atoms with E-state index in [0.717, 1.165) is 5.69 Å². The number of benzene rings is 2. The van der Waals surface area contributed by atoms with E-state index in [4.69, 9.17) is 14.2 Å². The molecule has 0 aliphatic carbocycles. The number of anilines is 2. The van der Waals surface area contributed by atoms with Gasteiger partial charge in [-0.2, -0.15) is 0 Å². The van der Waals surface area contributed by atoms with Gasteiger partial charge in [-0.25, -0.2) is 0 Å². The van der Waals surface area contributed by atoms with Crippen molar-refractivity contribution in [1.82, 2.24) is 4.90 Å². The maximum atomic E-state index is 13.3. The summed E-state index contributed by atoms with van der Waals surface area (Å²) >= 11 is 0. The molecule has 0 aliphatic rings. The van der Waals surface area contributed by atoms with Crippen molar-refractivity contribution in [3.05, 3.63) is 42.0 Å². The molecule has 31 heavy (non-hydrogen) atoms. The molecule has 2 aromatic rings. The largest absolute Gasteiger partial charge is 0.495 e. The van der Waals surface area contributed by atoms with E-state index in [2.05, 4.69) is 0 Å². The first-order chi connectivity index (χ1) is 14.7. The van der Waals surface area contributed by atoms with Crippen LogP contribution in [0.25, 0.3) is 0 Å². The van der Waals surface area contributed by atoms with Crippen molar-refractivity contribution in [2.75, 3.05) is 32.1 Å². The first-order valence-electron chi connectivity index (χ1n) is 10.9. The molecule has 6 nitrogen and oxygen atoms in total. The van der Waals surface area contributed by atoms with Crippen LogP contribution in [0.2, 0.25) is 0 Å². The Labute approximate surface area is 186 Å². The second kappa shape index (κ2) is 10.9. The van der Waals surface area contributed by atoms with Crippen LogP contribution < -0.4 is 19.1 Å². The maximum absolute atomic E-state index is 13.3. The van der Waals surface area contributed by atoms with Gasteiger partial charge in [-0.1, -0.05) is 6.07 Å².